The van der Waals surface area contributed by atoms with E-state index < -0.39 is 0 Å². The van der Waals surface area contributed by atoms with Crippen LogP contribution >= 0.6 is 159 Å². The molecule has 2 rings (SSSR count). The topological polar surface area (TPSA) is 9.23 Å². The lowest BCUT2D eigenvalue weighted by atomic mass is 10.1. The van der Waals surface area contributed by atoms with Crippen molar-refractivity contribution >= 4 is 159 Å². The van der Waals surface area contributed by atoms with Crippen LogP contribution in [0.1, 0.15) is 5.56 Å². The standard InChI is InChI=1S/C14H4Br10O/c15-2-1-3-4(16)9(21)13(10(22)5(3)17)25-14-11(23)7(19)6(18)8(20)12(14)24/h1-2H2. The molecule has 0 aliphatic heterocycles. The van der Waals surface area contributed by atoms with Gasteiger partial charge in [0.2, 0.25) is 0 Å². The third-order valence-electron chi connectivity index (χ3n) is 3.03. The van der Waals surface area contributed by atoms with Crippen molar-refractivity contribution in [3.05, 3.63) is 45.8 Å². The molecular weight excluding hydrogens is 983 g/mol. The van der Waals surface area contributed by atoms with Crippen molar-refractivity contribution in [3.63, 3.8) is 0 Å². The molecule has 0 fully saturated rings. The average molecular weight is 987 g/mol. The summed E-state index contributed by atoms with van der Waals surface area (Å²) in [6.07, 6.45) is 0.863. The van der Waals surface area contributed by atoms with Gasteiger partial charge in [-0.2, -0.15) is 0 Å². The van der Waals surface area contributed by atoms with E-state index in [4.69, 9.17) is 4.74 Å². The largest absolute Gasteiger partial charge is 0.452 e. The Morgan fingerprint density at radius 2 is 0.800 bits per heavy atom. The molecule has 0 aromatic heterocycles. The summed E-state index contributed by atoms with van der Waals surface area (Å²) in [5, 5.41) is 0.854. The number of halogens is 10. The summed E-state index contributed by atoms with van der Waals surface area (Å²) in [4.78, 5) is 0. The number of hydrogen-bond donors (Lipinski definition) is 0. The summed E-state index contributed by atoms with van der Waals surface area (Å²) in [5.74, 6) is 1.29. The van der Waals surface area contributed by atoms with Gasteiger partial charge < -0.3 is 4.74 Å². The van der Waals surface area contributed by atoms with Crippen molar-refractivity contribution in [2.24, 2.45) is 0 Å². The Labute approximate surface area is 229 Å². The van der Waals surface area contributed by atoms with Crippen LogP contribution in [0.25, 0.3) is 0 Å². The van der Waals surface area contributed by atoms with E-state index in [1.807, 2.05) is 0 Å². The van der Waals surface area contributed by atoms with Gasteiger partial charge in [-0.25, -0.2) is 0 Å². The van der Waals surface area contributed by atoms with Gasteiger partial charge in [-0.05, 0) is 155 Å². The minimum absolute atomic E-state index is 0.635. The summed E-state index contributed by atoms with van der Waals surface area (Å²) in [5.41, 5.74) is 1.14. The molecule has 0 saturated heterocycles. The highest BCUT2D eigenvalue weighted by Gasteiger charge is 2.24. The van der Waals surface area contributed by atoms with Crippen LogP contribution < -0.4 is 4.74 Å². The minimum atomic E-state index is 0.635. The fourth-order valence-electron chi connectivity index (χ4n) is 1.84. The summed E-state index contributed by atoms with van der Waals surface area (Å²) in [7, 11) is 0. The quantitative estimate of drug-likeness (QED) is 0.169. The normalized spacial score (nSPS) is 11.1. The zero-order valence-corrected chi connectivity index (χ0v) is 27.5. The van der Waals surface area contributed by atoms with E-state index in [1.54, 1.807) is 0 Å². The zero-order valence-electron chi connectivity index (χ0n) is 11.6. The molecule has 0 atom stereocenters. The first-order valence-electron chi connectivity index (χ1n) is 6.23. The minimum Gasteiger partial charge on any atom is -0.452 e. The predicted molar refractivity (Wildman–Crippen MR) is 140 cm³/mol. The second kappa shape index (κ2) is 10.4. The van der Waals surface area contributed by atoms with E-state index in [2.05, 4.69) is 159 Å². The number of rotatable bonds is 4. The maximum Gasteiger partial charge on any atom is 0.158 e. The summed E-state index contributed by atoms with van der Waals surface area (Å²) in [6.45, 7) is 0. The monoisotopic (exact) mass is 977 g/mol. The molecule has 0 unspecified atom stereocenters. The Bertz CT molecular complexity index is 790. The number of alkyl halides is 1. The highest BCUT2D eigenvalue weighted by molar-refractivity contribution is 9.16. The molecule has 0 radical (unpaired) electrons. The van der Waals surface area contributed by atoms with Crippen molar-refractivity contribution < 1.29 is 4.74 Å². The van der Waals surface area contributed by atoms with Crippen LogP contribution in [0.2, 0.25) is 0 Å². The molecule has 2 aromatic rings. The molecule has 2 aromatic carbocycles. The first-order chi connectivity index (χ1) is 11.6. The summed E-state index contributed by atoms with van der Waals surface area (Å²) < 4.78 is 14.0. The Balaban J connectivity index is 2.68. The molecular formula is C14H4Br10O. The molecule has 136 valence electrons. The maximum absolute atomic E-state index is 6.27. The molecule has 0 aliphatic rings. The van der Waals surface area contributed by atoms with Gasteiger partial charge in [-0.15, -0.1) is 0 Å². The Hall–Kier alpha value is 3.04. The van der Waals surface area contributed by atoms with Gasteiger partial charge in [0.05, 0.1) is 26.8 Å². The van der Waals surface area contributed by atoms with E-state index in [-0.39, 0.29) is 0 Å². The molecule has 0 bridgehead atoms. The van der Waals surface area contributed by atoms with Gasteiger partial charge in [-0.1, -0.05) is 15.9 Å². The van der Waals surface area contributed by atoms with Gasteiger partial charge in [0.1, 0.15) is 0 Å². The molecule has 0 N–H and O–H groups in total. The van der Waals surface area contributed by atoms with Gasteiger partial charge in [0, 0.05) is 18.7 Å². The third-order valence-corrected chi connectivity index (χ3v) is 13.8. The Morgan fingerprint density at radius 3 is 1.16 bits per heavy atom. The maximum atomic E-state index is 6.27. The van der Waals surface area contributed by atoms with E-state index >= 15 is 0 Å². The lowest BCUT2D eigenvalue weighted by Gasteiger charge is -2.19. The zero-order chi connectivity index (χ0) is 19.0. The molecule has 0 spiro atoms. The molecule has 0 heterocycles. The lowest BCUT2D eigenvalue weighted by molar-refractivity contribution is 0.468. The summed E-state index contributed by atoms with van der Waals surface area (Å²) in [6, 6.07) is 0. The van der Waals surface area contributed by atoms with Crippen molar-refractivity contribution in [2.45, 2.75) is 6.42 Å². The van der Waals surface area contributed by atoms with Crippen LogP contribution in [0.3, 0.4) is 0 Å². The van der Waals surface area contributed by atoms with E-state index in [1.165, 1.54) is 0 Å². The molecule has 0 aliphatic carbocycles. The van der Waals surface area contributed by atoms with Gasteiger partial charge >= 0.3 is 0 Å². The van der Waals surface area contributed by atoms with Crippen LogP contribution in [0.15, 0.2) is 40.3 Å². The average Bonchev–Trinajstić information content (AvgIpc) is 2.59. The molecule has 25 heavy (non-hydrogen) atoms. The van der Waals surface area contributed by atoms with Crippen LogP contribution in [0.5, 0.6) is 11.5 Å². The van der Waals surface area contributed by atoms with Gasteiger partial charge in [-0.3, -0.25) is 0 Å². The first kappa shape index (κ1) is 24.3. The predicted octanol–water partition coefficient (Wildman–Crippen LogP) is 11.3. The number of ether oxygens (including phenoxy) is 1. The fraction of sp³-hybridized carbons (Fsp3) is 0.143. The molecule has 0 saturated carbocycles. The first-order valence-corrected chi connectivity index (χ1v) is 14.5. The van der Waals surface area contributed by atoms with Crippen LogP contribution in [0.4, 0.5) is 0 Å². The van der Waals surface area contributed by atoms with Crippen molar-refractivity contribution in [1.82, 2.24) is 0 Å². The number of benzene rings is 2. The second-order valence-electron chi connectivity index (χ2n) is 4.50. The van der Waals surface area contributed by atoms with Gasteiger partial charge in [0.15, 0.2) is 11.5 Å². The highest BCUT2D eigenvalue weighted by atomic mass is 79.9. The van der Waals surface area contributed by atoms with E-state index in [9.17, 15) is 0 Å². The highest BCUT2D eigenvalue weighted by Crippen LogP contribution is 2.53. The van der Waals surface area contributed by atoms with Crippen molar-refractivity contribution in [3.8, 4) is 11.5 Å². The Kier molecular flexibility index (Phi) is 10.1. The SMILES string of the molecule is BrCCc1c(Br)c(Br)c(Oc2c(Br)c(Br)c(Br)c(Br)c2Br)c(Br)c1Br. The van der Waals surface area contributed by atoms with E-state index in [0.717, 1.165) is 57.6 Å². The number of hydrogen-bond acceptors (Lipinski definition) is 1. The van der Waals surface area contributed by atoms with Crippen LogP contribution in [-0.4, -0.2) is 5.33 Å². The van der Waals surface area contributed by atoms with E-state index in [0.29, 0.717) is 11.5 Å². The van der Waals surface area contributed by atoms with Crippen molar-refractivity contribution in [1.29, 1.82) is 0 Å². The van der Waals surface area contributed by atoms with Crippen molar-refractivity contribution in [2.75, 3.05) is 5.33 Å². The van der Waals surface area contributed by atoms with Crippen LogP contribution in [0, 0.1) is 0 Å². The molecule has 1 nitrogen and oxygen atoms in total. The third kappa shape index (κ3) is 5.03. The lowest BCUT2D eigenvalue weighted by Crippen LogP contribution is -1.98. The summed E-state index contributed by atoms with van der Waals surface area (Å²) >= 11 is 35.9. The van der Waals surface area contributed by atoms with Gasteiger partial charge in [0.25, 0.3) is 0 Å². The molecule has 0 amide bonds. The smallest absolute Gasteiger partial charge is 0.158 e. The fourth-order valence-corrected chi connectivity index (χ4v) is 8.13. The second-order valence-corrected chi connectivity index (χ2v) is 12.4. The van der Waals surface area contributed by atoms with Crippen LogP contribution in [-0.2, 0) is 6.42 Å². The Morgan fingerprint density at radius 1 is 0.480 bits per heavy atom. The molecule has 11 heteroatoms.